The Kier molecular flexibility index (Phi) is 17.0. The highest BCUT2D eigenvalue weighted by Crippen LogP contribution is 2.44. The summed E-state index contributed by atoms with van der Waals surface area (Å²) in [5, 5.41) is 21.6. The van der Waals surface area contributed by atoms with Crippen molar-refractivity contribution in [1.29, 1.82) is 0 Å². The van der Waals surface area contributed by atoms with Crippen molar-refractivity contribution in [2.45, 2.75) is 0 Å². The fraction of sp³-hybridized carbons (Fsp3) is 0.00870. The van der Waals surface area contributed by atoms with E-state index in [9.17, 15) is 0 Å². The van der Waals surface area contributed by atoms with E-state index in [4.69, 9.17) is 29.9 Å². The molecule has 0 bridgehead atoms. The number of aryl methyl sites for hydroxylation is 1. The quantitative estimate of drug-likeness (QED) is 0.141. The minimum atomic E-state index is 0.868. The van der Waals surface area contributed by atoms with Crippen molar-refractivity contribution >= 4 is 163 Å². The third kappa shape index (κ3) is 11.8. The van der Waals surface area contributed by atoms with Crippen LogP contribution in [0.15, 0.2) is 425 Å². The van der Waals surface area contributed by atoms with Gasteiger partial charge in [0.15, 0.2) is 0 Å². The Hall–Kier alpha value is -16.6. The second-order valence-electron chi connectivity index (χ2n) is 32.0. The summed E-state index contributed by atoms with van der Waals surface area (Å²) in [4.78, 5) is 30.5. The Labute approximate surface area is 712 Å². The van der Waals surface area contributed by atoms with Gasteiger partial charge in [-0.2, -0.15) is 0 Å². The monoisotopic (exact) mass is 1580 g/mol. The Morgan fingerprint density at radius 1 is 0.169 bits per heavy atom. The number of benzene rings is 20. The molecule has 0 aliphatic rings. The second kappa shape index (κ2) is 29.4. The molecule has 0 saturated heterocycles. The zero-order chi connectivity index (χ0) is 81.9. The van der Waals surface area contributed by atoms with Crippen molar-refractivity contribution in [2.24, 2.45) is 7.05 Å². The summed E-state index contributed by atoms with van der Waals surface area (Å²) in [5.74, 6) is 0. The molecule has 6 heterocycles. The van der Waals surface area contributed by atoms with Gasteiger partial charge in [0.1, 0.15) is 0 Å². The Morgan fingerprint density at radius 3 is 0.831 bits per heavy atom. The molecule has 124 heavy (non-hydrogen) atoms. The van der Waals surface area contributed by atoms with Crippen molar-refractivity contribution in [1.82, 2.24) is 43.6 Å². The summed E-state index contributed by atoms with van der Waals surface area (Å²) in [6.07, 6.45) is 5.74. The third-order valence-corrected chi connectivity index (χ3v) is 25.1. The topological polar surface area (TPSA) is 92.1 Å². The van der Waals surface area contributed by atoms with Gasteiger partial charge in [-0.05, 0) is 126 Å². The maximum absolute atomic E-state index is 5.30. The molecule has 26 aromatic rings. The van der Waals surface area contributed by atoms with Gasteiger partial charge in [-0.25, -0.2) is 15.0 Å². The summed E-state index contributed by atoms with van der Waals surface area (Å²) >= 11 is 0. The lowest BCUT2D eigenvalue weighted by molar-refractivity contribution is 1.01. The van der Waals surface area contributed by atoms with Gasteiger partial charge in [-0.15, -0.1) is 0 Å². The highest BCUT2D eigenvalue weighted by atomic mass is 15.0. The standard InChI is InChI=1S/2C40H25N3.C35H23N3/c1-2-12-27(13-3-1)43-37-21-11-10-18-32(37)33-23-22-26(24-38(33)43)28-14-4-7-17-31(28)36-25-41-39-34-19-8-5-15-29(34)30-16-6-9-20-35(30)40(39)42-36;1-2-10-29(11-3-1)43-37-17-9-8-14-32(37)33-23-22-28(24-38(33)43)26-18-20-27(21-19-26)36-25-41-39-34-15-6-4-12-30(34)31-13-5-7-16-35(31)40(39)42-36;1-38-32-13-7-6-10-27(32)28-19-18-24(20-33(28)38)22-14-16-23(17-15-22)31-21-36-34-29-11-4-2-8-25(29)26-9-3-5-12-30(26)35(34)37-31/h2*1-25H;2-21H,1H3. The van der Waals surface area contributed by atoms with Gasteiger partial charge in [-0.1, -0.05) is 346 Å². The van der Waals surface area contributed by atoms with Crippen LogP contribution in [0, 0.1) is 0 Å². The van der Waals surface area contributed by atoms with Crippen LogP contribution in [0.3, 0.4) is 0 Å². The van der Waals surface area contributed by atoms with E-state index in [1.165, 1.54) is 120 Å². The molecule has 26 rings (SSSR count). The molecule has 20 aromatic carbocycles. The Morgan fingerprint density at radius 2 is 0.427 bits per heavy atom. The number of hydrogen-bond acceptors (Lipinski definition) is 6. The fourth-order valence-corrected chi connectivity index (χ4v) is 19.2. The number of fused-ring (bicyclic) bond motifs is 27. The van der Waals surface area contributed by atoms with E-state index in [0.29, 0.717) is 0 Å². The van der Waals surface area contributed by atoms with E-state index >= 15 is 0 Å². The molecule has 0 aliphatic carbocycles. The van der Waals surface area contributed by atoms with E-state index in [0.717, 1.165) is 122 Å². The van der Waals surface area contributed by atoms with Crippen LogP contribution in [-0.2, 0) is 7.05 Å². The highest BCUT2D eigenvalue weighted by Gasteiger charge is 2.22. The minimum absolute atomic E-state index is 0.868. The second-order valence-corrected chi connectivity index (χ2v) is 32.0. The third-order valence-electron chi connectivity index (χ3n) is 25.1. The Balaban J connectivity index is 0.000000105. The molecule has 0 spiro atoms. The molecular formula is C115H73N9. The van der Waals surface area contributed by atoms with Crippen molar-refractivity contribution in [3.8, 4) is 78.5 Å². The first-order chi connectivity index (χ1) is 61.4. The SMILES string of the molecule is Cn1c2ccccc2c2ccc(-c3ccc(-c4cnc5c6ccccc6c6ccccc6c5n4)cc3)cc21.c1ccc(-n2c3ccccc3c3ccc(-c4ccc(-c5cnc6c7ccccc7c7ccccc7c6n5)cc4)cc32)cc1.c1ccc(-n2c3ccccc3c3ccc(-c4ccccc4-c4cnc5c6ccccc6c6ccccc6c5n4)cc32)cc1. The lowest BCUT2D eigenvalue weighted by Gasteiger charge is -2.13. The van der Waals surface area contributed by atoms with Crippen LogP contribution in [0.2, 0.25) is 0 Å². The van der Waals surface area contributed by atoms with Crippen LogP contribution in [0.4, 0.5) is 0 Å². The molecule has 0 amide bonds. The molecule has 0 N–H and O–H groups in total. The first kappa shape index (κ1) is 71.5. The van der Waals surface area contributed by atoms with Crippen LogP contribution in [0.5, 0.6) is 0 Å². The van der Waals surface area contributed by atoms with Crippen molar-refractivity contribution in [3.05, 3.63) is 425 Å². The molecule has 0 radical (unpaired) electrons. The van der Waals surface area contributed by atoms with Gasteiger partial charge >= 0.3 is 0 Å². The maximum Gasteiger partial charge on any atom is 0.0979 e. The van der Waals surface area contributed by atoms with Gasteiger partial charge in [0.05, 0.1) is 90.8 Å². The number of para-hydroxylation sites is 5. The average molecular weight is 1580 g/mol. The van der Waals surface area contributed by atoms with E-state index in [-0.39, 0.29) is 0 Å². The number of hydrogen-bond donors (Lipinski definition) is 0. The zero-order valence-electron chi connectivity index (χ0n) is 67.4. The first-order valence-corrected chi connectivity index (χ1v) is 42.1. The van der Waals surface area contributed by atoms with E-state index in [1.54, 1.807) is 0 Å². The van der Waals surface area contributed by atoms with Gasteiger partial charge in [-0.3, -0.25) is 15.0 Å². The van der Waals surface area contributed by atoms with Gasteiger partial charge in [0.25, 0.3) is 0 Å². The van der Waals surface area contributed by atoms with Crippen LogP contribution in [0.1, 0.15) is 0 Å². The fourth-order valence-electron chi connectivity index (χ4n) is 19.2. The van der Waals surface area contributed by atoms with Crippen LogP contribution < -0.4 is 0 Å². The summed E-state index contributed by atoms with van der Waals surface area (Å²) in [6.45, 7) is 0. The number of nitrogens with zero attached hydrogens (tertiary/aromatic N) is 9. The largest absolute Gasteiger partial charge is 0.344 e. The Bertz CT molecular complexity index is 8710. The lowest BCUT2D eigenvalue weighted by atomic mass is 9.96. The summed E-state index contributed by atoms with van der Waals surface area (Å²) in [5.41, 5.74) is 28.1. The zero-order valence-corrected chi connectivity index (χ0v) is 67.4. The average Bonchev–Trinajstić information content (AvgIpc) is 1.31. The van der Waals surface area contributed by atoms with E-state index in [2.05, 4.69) is 427 Å². The smallest absolute Gasteiger partial charge is 0.0979 e. The molecule has 6 aromatic heterocycles. The highest BCUT2D eigenvalue weighted by molar-refractivity contribution is 6.26. The minimum Gasteiger partial charge on any atom is -0.344 e. The molecule has 578 valence electrons. The van der Waals surface area contributed by atoms with Crippen LogP contribution >= 0.6 is 0 Å². The molecule has 9 nitrogen and oxygen atoms in total. The molecule has 0 atom stereocenters. The van der Waals surface area contributed by atoms with Gasteiger partial charge < -0.3 is 13.7 Å². The summed E-state index contributed by atoms with van der Waals surface area (Å²) < 4.78 is 7.01. The van der Waals surface area contributed by atoms with Gasteiger partial charge in [0.2, 0.25) is 0 Å². The van der Waals surface area contributed by atoms with Crippen molar-refractivity contribution < 1.29 is 0 Å². The molecule has 0 fully saturated rings. The van der Waals surface area contributed by atoms with Crippen LogP contribution in [-0.4, -0.2) is 43.6 Å². The van der Waals surface area contributed by atoms with E-state index in [1.807, 2.05) is 18.6 Å². The molecule has 0 aliphatic heterocycles. The van der Waals surface area contributed by atoms with Crippen molar-refractivity contribution in [3.63, 3.8) is 0 Å². The normalized spacial score (nSPS) is 11.8. The first-order valence-electron chi connectivity index (χ1n) is 42.1. The number of rotatable bonds is 8. The van der Waals surface area contributed by atoms with E-state index < -0.39 is 0 Å². The predicted octanol–water partition coefficient (Wildman–Crippen LogP) is 29.6. The summed E-state index contributed by atoms with van der Waals surface area (Å²) in [7, 11) is 2.14. The van der Waals surface area contributed by atoms with Crippen molar-refractivity contribution in [2.75, 3.05) is 0 Å². The summed E-state index contributed by atoms with van der Waals surface area (Å²) in [6, 6.07) is 144. The molecule has 9 heteroatoms. The van der Waals surface area contributed by atoms with Gasteiger partial charge in [0, 0.05) is 111 Å². The predicted molar refractivity (Wildman–Crippen MR) is 519 cm³/mol. The molecular weight excluding hydrogens is 1510 g/mol. The lowest BCUT2D eigenvalue weighted by Crippen LogP contribution is -1.95. The molecule has 0 saturated carbocycles. The van der Waals surface area contributed by atoms with Crippen LogP contribution in [0.25, 0.3) is 242 Å². The number of aromatic nitrogens is 9. The maximum atomic E-state index is 5.30. The molecule has 0 unspecified atom stereocenters.